The topological polar surface area (TPSA) is 20.2 Å². The molecule has 2 heterocycles. The van der Waals surface area contributed by atoms with Crippen molar-refractivity contribution in [2.24, 2.45) is 0 Å². The minimum absolute atomic E-state index is 0.648. The SMILES string of the molecule is OC(CCc1ccccc1)(c1ccsc1)c1ccccc1-c1ccsc1. The van der Waals surface area contributed by atoms with Gasteiger partial charge in [0.05, 0.1) is 0 Å². The van der Waals surface area contributed by atoms with Crippen LogP contribution in [0.3, 0.4) is 0 Å². The highest BCUT2D eigenvalue weighted by Crippen LogP contribution is 2.41. The van der Waals surface area contributed by atoms with Crippen LogP contribution in [0.1, 0.15) is 23.1 Å². The van der Waals surface area contributed by atoms with Gasteiger partial charge < -0.3 is 5.11 Å². The molecule has 0 aliphatic rings. The molecular weight excluding hydrogens is 356 g/mol. The summed E-state index contributed by atoms with van der Waals surface area (Å²) in [5.41, 5.74) is 4.46. The normalized spacial score (nSPS) is 13.4. The van der Waals surface area contributed by atoms with Gasteiger partial charge in [0.25, 0.3) is 0 Å². The Kier molecular flexibility index (Phi) is 5.02. The second-order valence-electron chi connectivity index (χ2n) is 6.42. The first kappa shape index (κ1) is 17.2. The summed E-state index contributed by atoms with van der Waals surface area (Å²) in [5, 5.41) is 20.2. The molecule has 2 aromatic carbocycles. The zero-order valence-electron chi connectivity index (χ0n) is 14.3. The number of thiophene rings is 2. The van der Waals surface area contributed by atoms with Gasteiger partial charge in [0.15, 0.2) is 0 Å². The molecule has 0 saturated heterocycles. The van der Waals surface area contributed by atoms with Gasteiger partial charge in [-0.15, -0.1) is 0 Å². The van der Waals surface area contributed by atoms with Crippen LogP contribution >= 0.6 is 22.7 Å². The first-order valence-electron chi connectivity index (χ1n) is 8.68. The van der Waals surface area contributed by atoms with E-state index in [-0.39, 0.29) is 0 Å². The Morgan fingerprint density at radius 2 is 1.50 bits per heavy atom. The van der Waals surface area contributed by atoms with E-state index in [4.69, 9.17) is 0 Å². The molecule has 3 heteroatoms. The summed E-state index contributed by atoms with van der Waals surface area (Å²) in [5.74, 6) is 0. The van der Waals surface area contributed by atoms with Crippen LogP contribution in [0, 0.1) is 0 Å². The number of aliphatic hydroxyl groups is 1. The molecule has 1 N–H and O–H groups in total. The lowest BCUT2D eigenvalue weighted by molar-refractivity contribution is 0.0723. The number of benzene rings is 2. The number of aryl methyl sites for hydroxylation is 1. The molecule has 0 fully saturated rings. The molecule has 4 rings (SSSR count). The smallest absolute Gasteiger partial charge is 0.116 e. The quantitative estimate of drug-likeness (QED) is 0.416. The minimum atomic E-state index is -1.01. The molecule has 0 bridgehead atoms. The molecule has 130 valence electrons. The second-order valence-corrected chi connectivity index (χ2v) is 7.98. The molecule has 0 aliphatic carbocycles. The van der Waals surface area contributed by atoms with Crippen LogP contribution < -0.4 is 0 Å². The Morgan fingerprint density at radius 3 is 2.23 bits per heavy atom. The highest BCUT2D eigenvalue weighted by atomic mass is 32.1. The van der Waals surface area contributed by atoms with Gasteiger partial charge in [-0.25, -0.2) is 0 Å². The maximum absolute atomic E-state index is 11.9. The monoisotopic (exact) mass is 376 g/mol. The van der Waals surface area contributed by atoms with Gasteiger partial charge in [-0.05, 0) is 74.3 Å². The van der Waals surface area contributed by atoms with E-state index in [0.29, 0.717) is 6.42 Å². The average molecular weight is 377 g/mol. The molecule has 0 saturated carbocycles. The molecule has 0 radical (unpaired) electrons. The Balaban J connectivity index is 1.77. The fraction of sp³-hybridized carbons (Fsp3) is 0.130. The molecule has 1 unspecified atom stereocenters. The number of hydrogen-bond acceptors (Lipinski definition) is 3. The Labute approximate surface area is 162 Å². The summed E-state index contributed by atoms with van der Waals surface area (Å²) in [6.07, 6.45) is 1.47. The second kappa shape index (κ2) is 7.58. The maximum atomic E-state index is 11.9. The lowest BCUT2D eigenvalue weighted by Gasteiger charge is -2.30. The minimum Gasteiger partial charge on any atom is -0.380 e. The van der Waals surface area contributed by atoms with Crippen molar-refractivity contribution < 1.29 is 5.11 Å². The lowest BCUT2D eigenvalue weighted by atomic mass is 9.79. The fourth-order valence-corrected chi connectivity index (χ4v) is 4.80. The van der Waals surface area contributed by atoms with Crippen molar-refractivity contribution in [1.82, 2.24) is 0 Å². The van der Waals surface area contributed by atoms with Crippen molar-refractivity contribution in [3.63, 3.8) is 0 Å². The maximum Gasteiger partial charge on any atom is 0.116 e. The summed E-state index contributed by atoms with van der Waals surface area (Å²) in [7, 11) is 0. The van der Waals surface area contributed by atoms with Crippen LogP contribution in [0.4, 0.5) is 0 Å². The van der Waals surface area contributed by atoms with Crippen LogP contribution in [0.25, 0.3) is 11.1 Å². The van der Waals surface area contributed by atoms with Crippen molar-refractivity contribution in [3.05, 3.63) is 105 Å². The van der Waals surface area contributed by atoms with Gasteiger partial charge in [-0.2, -0.15) is 22.7 Å². The third-order valence-electron chi connectivity index (χ3n) is 4.82. The molecule has 0 amide bonds. The van der Waals surface area contributed by atoms with Crippen LogP contribution in [0.5, 0.6) is 0 Å². The van der Waals surface area contributed by atoms with E-state index in [1.54, 1.807) is 22.7 Å². The number of rotatable bonds is 6. The standard InChI is InChI=1S/C23H20OS2/c24-23(20-12-15-26-17-20,13-10-18-6-2-1-3-7-18)22-9-5-4-8-21(22)19-11-14-25-16-19/h1-9,11-12,14-17,24H,10,13H2. The van der Waals surface area contributed by atoms with Gasteiger partial charge in [0.2, 0.25) is 0 Å². The zero-order chi connectivity index (χ0) is 17.8. The van der Waals surface area contributed by atoms with E-state index in [0.717, 1.165) is 23.1 Å². The van der Waals surface area contributed by atoms with Crippen molar-refractivity contribution in [3.8, 4) is 11.1 Å². The van der Waals surface area contributed by atoms with Gasteiger partial charge >= 0.3 is 0 Å². The van der Waals surface area contributed by atoms with Crippen molar-refractivity contribution in [2.75, 3.05) is 0 Å². The van der Waals surface area contributed by atoms with E-state index >= 15 is 0 Å². The third kappa shape index (κ3) is 3.38. The van der Waals surface area contributed by atoms with Crippen LogP contribution in [-0.2, 0) is 12.0 Å². The summed E-state index contributed by atoms with van der Waals surface area (Å²) in [4.78, 5) is 0. The summed E-state index contributed by atoms with van der Waals surface area (Å²) in [6.45, 7) is 0. The fourth-order valence-electron chi connectivity index (χ4n) is 3.42. The van der Waals surface area contributed by atoms with Crippen LogP contribution in [-0.4, -0.2) is 5.11 Å². The van der Waals surface area contributed by atoms with Crippen molar-refractivity contribution in [1.29, 1.82) is 0 Å². The van der Waals surface area contributed by atoms with E-state index in [2.05, 4.69) is 58.6 Å². The Bertz CT molecular complexity index is 943. The molecule has 2 aromatic heterocycles. The molecule has 1 atom stereocenters. The van der Waals surface area contributed by atoms with Crippen molar-refractivity contribution in [2.45, 2.75) is 18.4 Å². The average Bonchev–Trinajstić information content (AvgIpc) is 3.41. The van der Waals surface area contributed by atoms with Gasteiger partial charge in [-0.1, -0.05) is 54.6 Å². The third-order valence-corrected chi connectivity index (χ3v) is 6.19. The van der Waals surface area contributed by atoms with Gasteiger partial charge in [-0.3, -0.25) is 0 Å². The van der Waals surface area contributed by atoms with E-state index in [9.17, 15) is 5.11 Å². The van der Waals surface area contributed by atoms with Gasteiger partial charge in [0.1, 0.15) is 5.60 Å². The zero-order valence-corrected chi connectivity index (χ0v) is 16.0. The number of hydrogen-bond donors (Lipinski definition) is 1. The highest BCUT2D eigenvalue weighted by molar-refractivity contribution is 7.08. The van der Waals surface area contributed by atoms with Gasteiger partial charge in [0, 0.05) is 0 Å². The molecule has 4 aromatic rings. The predicted octanol–water partition coefficient (Wildman–Crippen LogP) is 6.35. The Hall–Kier alpha value is -2.20. The summed E-state index contributed by atoms with van der Waals surface area (Å²) >= 11 is 3.31. The first-order chi connectivity index (χ1) is 12.8. The van der Waals surface area contributed by atoms with E-state index in [1.165, 1.54) is 11.1 Å². The molecule has 0 spiro atoms. The van der Waals surface area contributed by atoms with E-state index < -0.39 is 5.60 Å². The Morgan fingerprint density at radius 1 is 0.769 bits per heavy atom. The highest BCUT2D eigenvalue weighted by Gasteiger charge is 2.34. The van der Waals surface area contributed by atoms with Crippen molar-refractivity contribution >= 4 is 22.7 Å². The molecule has 1 nitrogen and oxygen atoms in total. The summed E-state index contributed by atoms with van der Waals surface area (Å²) in [6, 6.07) is 22.8. The van der Waals surface area contributed by atoms with Crippen LogP contribution in [0.2, 0.25) is 0 Å². The molecule has 0 aliphatic heterocycles. The lowest BCUT2D eigenvalue weighted by Crippen LogP contribution is -2.28. The largest absolute Gasteiger partial charge is 0.380 e. The molecule has 26 heavy (non-hydrogen) atoms. The first-order valence-corrected chi connectivity index (χ1v) is 10.6. The van der Waals surface area contributed by atoms with E-state index in [1.807, 2.05) is 29.6 Å². The predicted molar refractivity (Wildman–Crippen MR) is 112 cm³/mol. The van der Waals surface area contributed by atoms with Crippen LogP contribution in [0.15, 0.2) is 88.3 Å². The summed E-state index contributed by atoms with van der Waals surface area (Å²) < 4.78 is 0. The molecular formula is C23H20OS2.